The maximum absolute atomic E-state index is 14.5. The van der Waals surface area contributed by atoms with Crippen LogP contribution in [0.1, 0.15) is 0 Å². The summed E-state index contributed by atoms with van der Waals surface area (Å²) in [6.07, 6.45) is 5.46. The zero-order chi connectivity index (χ0) is 18.2. The second kappa shape index (κ2) is 9.01. The third-order valence-electron chi connectivity index (χ3n) is 3.77. The van der Waals surface area contributed by atoms with Gasteiger partial charge < -0.3 is 20.3 Å². The minimum absolute atomic E-state index is 0.263. The number of nitrogens with one attached hydrogen (secondary N) is 3. The van der Waals surface area contributed by atoms with Gasteiger partial charge in [-0.2, -0.15) is 0 Å². The molecule has 1 aliphatic rings. The quantitative estimate of drug-likeness (QED) is 0.269. The molecule has 1 heterocycles. The molecule has 7 nitrogen and oxygen atoms in total. The molecule has 134 valence electrons. The van der Waals surface area contributed by atoms with Crippen LogP contribution in [0.4, 0.5) is 20.6 Å². The number of nitrogens with zero attached hydrogens (tertiary/aromatic N) is 2. The van der Waals surface area contributed by atoms with Gasteiger partial charge in [-0.15, -0.1) is 6.42 Å². The van der Waals surface area contributed by atoms with Crippen LogP contribution in [-0.2, 0) is 4.74 Å². The zero-order valence-corrected chi connectivity index (χ0v) is 14.1. The minimum atomic E-state index is -0.511. The van der Waals surface area contributed by atoms with Crippen LogP contribution < -0.4 is 20.4 Å². The van der Waals surface area contributed by atoms with Gasteiger partial charge in [-0.3, -0.25) is 10.3 Å². The average molecular weight is 347 g/mol. The van der Waals surface area contributed by atoms with E-state index >= 15 is 0 Å². The fourth-order valence-electron chi connectivity index (χ4n) is 2.58. The molecule has 8 heteroatoms. The van der Waals surface area contributed by atoms with Gasteiger partial charge in [0.25, 0.3) is 0 Å². The van der Waals surface area contributed by atoms with Gasteiger partial charge in [0.2, 0.25) is 0 Å². The largest absolute Gasteiger partial charge is 0.443 e. The molecule has 1 aromatic rings. The normalized spacial score (nSPS) is 16.4. The predicted octanol–water partition coefficient (Wildman–Crippen LogP) is 1.01. The molecule has 1 aromatic carbocycles. The highest BCUT2D eigenvalue weighted by Gasteiger charge is 2.32. The van der Waals surface area contributed by atoms with Gasteiger partial charge in [0, 0.05) is 19.6 Å². The van der Waals surface area contributed by atoms with Crippen molar-refractivity contribution in [3.8, 4) is 12.3 Å². The summed E-state index contributed by atoms with van der Waals surface area (Å²) in [5, 5.41) is 13.4. The number of halogens is 1. The molecule has 1 amide bonds. The van der Waals surface area contributed by atoms with Crippen LogP contribution in [0, 0.1) is 23.6 Å². The van der Waals surface area contributed by atoms with E-state index in [1.807, 2.05) is 0 Å². The van der Waals surface area contributed by atoms with Crippen molar-refractivity contribution in [2.75, 3.05) is 49.6 Å². The molecular weight excluding hydrogens is 325 g/mol. The Bertz CT molecular complexity index is 661. The number of amides is 1. The lowest BCUT2D eigenvalue weighted by atomic mass is 10.2. The Balaban J connectivity index is 2.08. The van der Waals surface area contributed by atoms with Gasteiger partial charge in [-0.25, -0.2) is 9.18 Å². The molecule has 25 heavy (non-hydrogen) atoms. The van der Waals surface area contributed by atoms with Crippen molar-refractivity contribution in [3.05, 3.63) is 24.0 Å². The standard InChI is InChI=1S/C17H22FN5O2/c1-3-6-21-7-8-22(12-19)16-5-4-13(9-15(16)18)23-11-14(10-20-2)25-17(23)24/h1,4-5,9,12,14,19-21H,6-8,10-11H2,2H3. The SMILES string of the molecule is C#CCNCCN(C=N)c1ccc(N2CC(CNC)OC2=O)cc1F. The first-order valence-corrected chi connectivity index (χ1v) is 7.94. The summed E-state index contributed by atoms with van der Waals surface area (Å²) in [7, 11) is 1.77. The lowest BCUT2D eigenvalue weighted by molar-refractivity contribution is 0.141. The number of cyclic esters (lactones) is 1. The summed E-state index contributed by atoms with van der Waals surface area (Å²) < 4.78 is 19.7. The molecule has 0 saturated carbocycles. The Kier molecular flexibility index (Phi) is 6.74. The third-order valence-corrected chi connectivity index (χ3v) is 3.77. The van der Waals surface area contributed by atoms with Crippen LogP contribution >= 0.6 is 0 Å². The third kappa shape index (κ3) is 4.68. The van der Waals surface area contributed by atoms with Gasteiger partial charge >= 0.3 is 6.09 Å². The molecule has 0 bridgehead atoms. The lowest BCUT2D eigenvalue weighted by Crippen LogP contribution is -2.32. The van der Waals surface area contributed by atoms with Gasteiger partial charge in [0.15, 0.2) is 0 Å². The van der Waals surface area contributed by atoms with Gasteiger partial charge in [0.05, 0.1) is 30.8 Å². The zero-order valence-electron chi connectivity index (χ0n) is 14.1. The molecule has 0 radical (unpaired) electrons. The van der Waals surface area contributed by atoms with E-state index in [0.29, 0.717) is 38.4 Å². The molecule has 1 saturated heterocycles. The number of carbonyl (C=O) groups is 1. The summed E-state index contributed by atoms with van der Waals surface area (Å²) in [5.41, 5.74) is 0.695. The van der Waals surface area contributed by atoms with E-state index in [2.05, 4.69) is 16.6 Å². The molecule has 1 fully saturated rings. The first-order valence-electron chi connectivity index (χ1n) is 7.94. The van der Waals surface area contributed by atoms with E-state index in [0.717, 1.165) is 6.34 Å². The monoisotopic (exact) mass is 347 g/mol. The topological polar surface area (TPSA) is 80.7 Å². The highest BCUT2D eigenvalue weighted by Crippen LogP contribution is 2.27. The number of hydrogen-bond donors (Lipinski definition) is 3. The predicted molar refractivity (Wildman–Crippen MR) is 95.8 cm³/mol. The fraction of sp³-hybridized carbons (Fsp3) is 0.412. The first-order chi connectivity index (χ1) is 12.1. The Morgan fingerprint density at radius 1 is 1.60 bits per heavy atom. The van der Waals surface area contributed by atoms with Crippen LogP contribution in [0.2, 0.25) is 0 Å². The highest BCUT2D eigenvalue weighted by atomic mass is 19.1. The molecule has 0 spiro atoms. The number of benzene rings is 1. The van der Waals surface area contributed by atoms with E-state index in [1.54, 1.807) is 19.2 Å². The van der Waals surface area contributed by atoms with E-state index < -0.39 is 11.9 Å². The Morgan fingerprint density at radius 2 is 2.40 bits per heavy atom. The maximum atomic E-state index is 14.5. The van der Waals surface area contributed by atoms with Crippen molar-refractivity contribution in [2.24, 2.45) is 0 Å². The van der Waals surface area contributed by atoms with Crippen molar-refractivity contribution in [2.45, 2.75) is 6.10 Å². The highest BCUT2D eigenvalue weighted by molar-refractivity contribution is 5.90. The van der Waals surface area contributed by atoms with E-state index in [9.17, 15) is 9.18 Å². The smallest absolute Gasteiger partial charge is 0.414 e. The van der Waals surface area contributed by atoms with Crippen molar-refractivity contribution in [1.82, 2.24) is 10.6 Å². The van der Waals surface area contributed by atoms with E-state index in [4.69, 9.17) is 16.6 Å². The molecule has 3 N–H and O–H groups in total. The Labute approximate surface area is 146 Å². The minimum Gasteiger partial charge on any atom is -0.443 e. The van der Waals surface area contributed by atoms with Crippen LogP contribution in [-0.4, -0.2) is 58.3 Å². The van der Waals surface area contributed by atoms with Crippen molar-refractivity contribution < 1.29 is 13.9 Å². The summed E-state index contributed by atoms with van der Waals surface area (Å²) in [5.74, 6) is 1.94. The van der Waals surface area contributed by atoms with Crippen LogP contribution in [0.25, 0.3) is 0 Å². The van der Waals surface area contributed by atoms with Crippen LogP contribution in [0.15, 0.2) is 18.2 Å². The second-order valence-corrected chi connectivity index (χ2v) is 5.51. The molecule has 0 aliphatic carbocycles. The molecular formula is C17H22FN5O2. The maximum Gasteiger partial charge on any atom is 0.414 e. The molecule has 1 atom stereocenters. The van der Waals surface area contributed by atoms with Crippen molar-refractivity contribution in [3.63, 3.8) is 0 Å². The Morgan fingerprint density at radius 3 is 3.04 bits per heavy atom. The number of carbonyl (C=O) groups excluding carboxylic acids is 1. The lowest BCUT2D eigenvalue weighted by Gasteiger charge is -2.21. The number of terminal acetylenes is 1. The van der Waals surface area contributed by atoms with E-state index in [-0.39, 0.29) is 11.8 Å². The number of rotatable bonds is 9. The van der Waals surface area contributed by atoms with Gasteiger partial charge in [-0.1, -0.05) is 5.92 Å². The summed E-state index contributed by atoms with van der Waals surface area (Å²) in [6.45, 7) is 2.23. The Hall–Kier alpha value is -2.63. The second-order valence-electron chi connectivity index (χ2n) is 5.51. The fourth-order valence-corrected chi connectivity index (χ4v) is 2.58. The van der Waals surface area contributed by atoms with E-state index in [1.165, 1.54) is 15.9 Å². The summed E-state index contributed by atoms with van der Waals surface area (Å²) >= 11 is 0. The summed E-state index contributed by atoms with van der Waals surface area (Å²) in [4.78, 5) is 14.8. The van der Waals surface area contributed by atoms with Crippen LogP contribution in [0.3, 0.4) is 0 Å². The molecule has 2 rings (SSSR count). The first kappa shape index (κ1) is 18.7. The molecule has 1 unspecified atom stereocenters. The number of likely N-dealkylation sites (N-methyl/N-ethyl adjacent to an activating group) is 1. The molecule has 0 aromatic heterocycles. The summed E-state index contributed by atoms with van der Waals surface area (Å²) in [6, 6.07) is 4.48. The van der Waals surface area contributed by atoms with Gasteiger partial charge in [0.1, 0.15) is 11.9 Å². The number of hydrogen-bond acceptors (Lipinski definition) is 5. The van der Waals surface area contributed by atoms with Crippen LogP contribution in [0.5, 0.6) is 0 Å². The van der Waals surface area contributed by atoms with Crippen molar-refractivity contribution in [1.29, 1.82) is 5.41 Å². The number of anilines is 2. The molecule has 1 aliphatic heterocycles. The average Bonchev–Trinajstić information content (AvgIpc) is 2.96. The van der Waals surface area contributed by atoms with Crippen molar-refractivity contribution >= 4 is 23.8 Å². The van der Waals surface area contributed by atoms with Gasteiger partial charge in [-0.05, 0) is 25.2 Å². The number of ether oxygens (including phenoxy) is 1.